The van der Waals surface area contributed by atoms with Gasteiger partial charge in [0, 0.05) is 0 Å². The van der Waals surface area contributed by atoms with E-state index in [2.05, 4.69) is 16.2 Å². The minimum Gasteiger partial charge on any atom is -0.352 e. The quantitative estimate of drug-likeness (QED) is 0.610. The first-order chi connectivity index (χ1) is 12.4. The van der Waals surface area contributed by atoms with E-state index < -0.39 is 29.7 Å². The Balaban J connectivity index is 2.01. The van der Waals surface area contributed by atoms with Crippen LogP contribution in [0.3, 0.4) is 0 Å². The van der Waals surface area contributed by atoms with Crippen LogP contribution in [0.25, 0.3) is 0 Å². The van der Waals surface area contributed by atoms with Gasteiger partial charge < -0.3 is 11.1 Å². The molecule has 0 saturated carbocycles. The van der Waals surface area contributed by atoms with E-state index >= 15 is 0 Å². The van der Waals surface area contributed by atoms with E-state index in [1.807, 2.05) is 19.1 Å². The Morgan fingerprint density at radius 1 is 1.04 bits per heavy atom. The summed E-state index contributed by atoms with van der Waals surface area (Å²) in [4.78, 5) is 35.3. The highest BCUT2D eigenvalue weighted by Crippen LogP contribution is 2.20. The van der Waals surface area contributed by atoms with Crippen molar-refractivity contribution in [1.82, 2.24) is 16.2 Å². The van der Waals surface area contributed by atoms with Gasteiger partial charge in [0.25, 0.3) is 5.91 Å². The molecule has 2 rings (SSSR count). The number of hydrazine groups is 1. The van der Waals surface area contributed by atoms with E-state index in [0.717, 1.165) is 17.2 Å². The highest BCUT2D eigenvalue weighted by Gasteiger charge is 2.20. The van der Waals surface area contributed by atoms with E-state index in [-0.39, 0.29) is 12.0 Å². The third kappa shape index (κ3) is 5.04. The molecule has 0 spiro atoms. The van der Waals surface area contributed by atoms with Crippen molar-refractivity contribution >= 4 is 17.8 Å². The van der Waals surface area contributed by atoms with Gasteiger partial charge >= 0.3 is 6.03 Å². The smallest absolute Gasteiger partial charge is 0.312 e. The summed E-state index contributed by atoms with van der Waals surface area (Å²) in [5.74, 6) is -2.06. The lowest BCUT2D eigenvalue weighted by Gasteiger charge is -2.19. The average Bonchev–Trinajstić information content (AvgIpc) is 2.59. The molecular formula is C18H19FN4O3. The maximum absolute atomic E-state index is 13.5. The predicted molar refractivity (Wildman–Crippen MR) is 93.3 cm³/mol. The number of primary amides is 1. The van der Waals surface area contributed by atoms with Gasteiger partial charge in [0.15, 0.2) is 0 Å². The average molecular weight is 358 g/mol. The fourth-order valence-electron chi connectivity index (χ4n) is 2.46. The lowest BCUT2D eigenvalue weighted by atomic mass is 9.98. The van der Waals surface area contributed by atoms with Crippen molar-refractivity contribution < 1.29 is 18.8 Å². The van der Waals surface area contributed by atoms with E-state index in [4.69, 9.17) is 5.73 Å². The Morgan fingerprint density at radius 3 is 2.35 bits per heavy atom. The number of hydrogen-bond acceptors (Lipinski definition) is 3. The van der Waals surface area contributed by atoms with Crippen LogP contribution in [0.1, 0.15) is 33.9 Å². The van der Waals surface area contributed by atoms with Gasteiger partial charge in [0.05, 0.1) is 18.0 Å². The van der Waals surface area contributed by atoms with Gasteiger partial charge in [-0.25, -0.2) is 9.18 Å². The molecule has 0 radical (unpaired) electrons. The summed E-state index contributed by atoms with van der Waals surface area (Å²) in [6.07, 6.45) is -0.161. The minimum atomic E-state index is -0.785. The highest BCUT2D eigenvalue weighted by atomic mass is 19.1. The van der Waals surface area contributed by atoms with E-state index in [9.17, 15) is 18.8 Å². The number of urea groups is 1. The first kappa shape index (κ1) is 18.9. The molecule has 0 bridgehead atoms. The van der Waals surface area contributed by atoms with Crippen LogP contribution < -0.4 is 21.9 Å². The molecule has 1 atom stereocenters. The Bertz CT molecular complexity index is 826. The van der Waals surface area contributed by atoms with E-state index in [1.165, 1.54) is 18.2 Å². The molecule has 0 heterocycles. The molecule has 7 nitrogen and oxygen atoms in total. The number of nitrogens with one attached hydrogen (secondary N) is 3. The number of carbonyl (C=O) groups excluding carboxylic acids is 3. The van der Waals surface area contributed by atoms with E-state index in [1.54, 1.807) is 12.1 Å². The molecule has 0 aromatic heterocycles. The van der Waals surface area contributed by atoms with Crippen LogP contribution >= 0.6 is 0 Å². The Kier molecular flexibility index (Phi) is 6.26. The molecule has 5 N–H and O–H groups in total. The molecule has 4 amide bonds. The van der Waals surface area contributed by atoms with Crippen molar-refractivity contribution in [2.24, 2.45) is 5.73 Å². The first-order valence-corrected chi connectivity index (χ1v) is 7.83. The summed E-state index contributed by atoms with van der Waals surface area (Å²) < 4.78 is 13.5. The monoisotopic (exact) mass is 358 g/mol. The van der Waals surface area contributed by atoms with Crippen LogP contribution in [-0.4, -0.2) is 17.8 Å². The van der Waals surface area contributed by atoms with E-state index in [0.29, 0.717) is 0 Å². The first-order valence-electron chi connectivity index (χ1n) is 7.83. The minimum absolute atomic E-state index is 0.161. The lowest BCUT2D eigenvalue weighted by Crippen LogP contribution is -2.44. The van der Waals surface area contributed by atoms with Crippen LogP contribution in [0.15, 0.2) is 48.5 Å². The molecule has 2 aromatic carbocycles. The molecule has 0 saturated heterocycles. The molecule has 0 aliphatic rings. The van der Waals surface area contributed by atoms with Crippen LogP contribution in [0.5, 0.6) is 0 Å². The number of benzene rings is 2. The van der Waals surface area contributed by atoms with Gasteiger partial charge in [-0.05, 0) is 30.2 Å². The zero-order chi connectivity index (χ0) is 19.1. The summed E-state index contributed by atoms with van der Waals surface area (Å²) in [5.41, 5.74) is 10.9. The largest absolute Gasteiger partial charge is 0.352 e. The van der Waals surface area contributed by atoms with Crippen LogP contribution in [-0.2, 0) is 4.79 Å². The lowest BCUT2D eigenvalue weighted by molar-refractivity contribution is -0.122. The van der Waals surface area contributed by atoms with Crippen molar-refractivity contribution in [1.29, 1.82) is 0 Å². The number of nitrogens with two attached hydrogens (primary N) is 1. The maximum Gasteiger partial charge on any atom is 0.312 e. The second-order valence-electron chi connectivity index (χ2n) is 5.60. The Morgan fingerprint density at radius 2 is 1.69 bits per heavy atom. The van der Waals surface area contributed by atoms with Crippen molar-refractivity contribution in [3.63, 3.8) is 0 Å². The van der Waals surface area contributed by atoms with Gasteiger partial charge in [0.2, 0.25) is 5.91 Å². The van der Waals surface area contributed by atoms with Crippen LogP contribution in [0.4, 0.5) is 9.18 Å². The maximum atomic E-state index is 13.5. The number of carbonyl (C=O) groups is 3. The SMILES string of the molecule is Cc1ccccc1C(CC(=O)NNC(=O)c1ccccc1F)NC(N)=O. The molecule has 136 valence electrons. The molecule has 0 fully saturated rings. The molecule has 0 aliphatic carbocycles. The highest BCUT2D eigenvalue weighted by molar-refractivity contribution is 5.95. The third-order valence-corrected chi connectivity index (χ3v) is 3.70. The summed E-state index contributed by atoms with van der Waals surface area (Å²) in [6, 6.07) is 11.1. The van der Waals surface area contributed by atoms with Gasteiger partial charge in [-0.1, -0.05) is 36.4 Å². The second-order valence-corrected chi connectivity index (χ2v) is 5.60. The fraction of sp³-hybridized carbons (Fsp3) is 0.167. The molecule has 1 unspecified atom stereocenters. The standard InChI is InChI=1S/C18H19FN4O3/c1-11-6-2-3-7-12(11)15(21-18(20)26)10-16(24)22-23-17(25)13-8-4-5-9-14(13)19/h2-9,15H,10H2,1H3,(H,22,24)(H,23,25)(H3,20,21,26). The number of hydrogen-bond donors (Lipinski definition) is 4. The number of halogens is 1. The number of amides is 4. The summed E-state index contributed by atoms with van der Waals surface area (Å²) in [7, 11) is 0. The molecule has 2 aromatic rings. The van der Waals surface area contributed by atoms with Crippen LogP contribution in [0, 0.1) is 12.7 Å². The third-order valence-electron chi connectivity index (χ3n) is 3.70. The predicted octanol–water partition coefficient (Wildman–Crippen LogP) is 1.69. The summed E-state index contributed by atoms with van der Waals surface area (Å²) in [5, 5.41) is 2.50. The number of aryl methyl sites for hydroxylation is 1. The normalized spacial score (nSPS) is 11.3. The summed E-state index contributed by atoms with van der Waals surface area (Å²) >= 11 is 0. The van der Waals surface area contributed by atoms with Crippen molar-refractivity contribution in [2.75, 3.05) is 0 Å². The zero-order valence-corrected chi connectivity index (χ0v) is 14.1. The van der Waals surface area contributed by atoms with Crippen molar-refractivity contribution in [2.45, 2.75) is 19.4 Å². The molecule has 0 aliphatic heterocycles. The second kappa shape index (κ2) is 8.61. The molecular weight excluding hydrogens is 339 g/mol. The fourth-order valence-corrected chi connectivity index (χ4v) is 2.46. The van der Waals surface area contributed by atoms with Crippen molar-refractivity contribution in [3.8, 4) is 0 Å². The zero-order valence-electron chi connectivity index (χ0n) is 14.1. The van der Waals surface area contributed by atoms with Gasteiger partial charge in [-0.15, -0.1) is 0 Å². The van der Waals surface area contributed by atoms with Crippen molar-refractivity contribution in [3.05, 3.63) is 71.0 Å². The Hall–Kier alpha value is -3.42. The van der Waals surface area contributed by atoms with Crippen LogP contribution in [0.2, 0.25) is 0 Å². The topological polar surface area (TPSA) is 113 Å². The molecule has 8 heteroatoms. The molecule has 26 heavy (non-hydrogen) atoms. The number of rotatable bonds is 5. The van der Waals surface area contributed by atoms with Gasteiger partial charge in [-0.3, -0.25) is 20.4 Å². The summed E-state index contributed by atoms with van der Waals surface area (Å²) in [6.45, 7) is 1.84. The Labute approximate surface area is 149 Å². The van der Waals surface area contributed by atoms with Gasteiger partial charge in [-0.2, -0.15) is 0 Å². The van der Waals surface area contributed by atoms with Gasteiger partial charge in [0.1, 0.15) is 5.82 Å².